The van der Waals surface area contributed by atoms with Crippen LogP contribution >= 0.6 is 0 Å². The van der Waals surface area contributed by atoms with Gasteiger partial charge in [0.2, 0.25) is 0 Å². The Kier molecular flexibility index (Phi) is 3.26. The quantitative estimate of drug-likeness (QED) is 0.639. The average Bonchev–Trinajstić information content (AvgIpc) is 2.19. The molecule has 0 radical (unpaired) electrons. The molecule has 80 valence electrons. The van der Waals surface area contributed by atoms with Gasteiger partial charge >= 0.3 is 0 Å². The summed E-state index contributed by atoms with van der Waals surface area (Å²) in [6, 6.07) is 0.540. The molecule has 0 saturated carbocycles. The summed E-state index contributed by atoms with van der Waals surface area (Å²) in [7, 11) is 0. The second kappa shape index (κ2) is 4.66. The van der Waals surface area contributed by atoms with Crippen molar-refractivity contribution < 1.29 is 4.74 Å². The van der Waals surface area contributed by atoms with Crippen molar-refractivity contribution in [3.63, 3.8) is 0 Å². The minimum atomic E-state index is 0.540. The van der Waals surface area contributed by atoms with Crippen molar-refractivity contribution in [3.05, 3.63) is 11.9 Å². The standard InChI is InChI=1S/C10H19N3O/c1-9-6-11-7-10(12-9)8-13-2-4-14-5-3-13/h6,10-12H,2-5,7-8H2,1H3. The summed E-state index contributed by atoms with van der Waals surface area (Å²) in [6.45, 7) is 8.14. The number of ether oxygens (including phenoxy) is 1. The Morgan fingerprint density at radius 2 is 2.29 bits per heavy atom. The van der Waals surface area contributed by atoms with Crippen molar-refractivity contribution in [1.29, 1.82) is 0 Å². The molecule has 4 heteroatoms. The van der Waals surface area contributed by atoms with Crippen LogP contribution in [0.5, 0.6) is 0 Å². The van der Waals surface area contributed by atoms with E-state index in [1.807, 2.05) is 6.20 Å². The lowest BCUT2D eigenvalue weighted by Gasteiger charge is -2.33. The topological polar surface area (TPSA) is 36.5 Å². The van der Waals surface area contributed by atoms with E-state index in [1.54, 1.807) is 0 Å². The zero-order valence-corrected chi connectivity index (χ0v) is 8.75. The monoisotopic (exact) mass is 197 g/mol. The maximum atomic E-state index is 5.32. The van der Waals surface area contributed by atoms with Crippen LogP contribution in [-0.4, -0.2) is 50.3 Å². The number of hydrogen-bond donors (Lipinski definition) is 2. The SMILES string of the molecule is CC1=CNCC(CN2CCOCC2)N1. The molecule has 2 aliphatic rings. The lowest BCUT2D eigenvalue weighted by atomic mass is 10.2. The summed E-state index contributed by atoms with van der Waals surface area (Å²) < 4.78 is 5.32. The summed E-state index contributed by atoms with van der Waals surface area (Å²) in [6.07, 6.45) is 2.04. The molecule has 2 N–H and O–H groups in total. The molecule has 0 aliphatic carbocycles. The van der Waals surface area contributed by atoms with Gasteiger partial charge in [0.05, 0.1) is 19.3 Å². The highest BCUT2D eigenvalue weighted by Crippen LogP contribution is 2.02. The van der Waals surface area contributed by atoms with Gasteiger partial charge in [-0.15, -0.1) is 0 Å². The number of allylic oxidation sites excluding steroid dienone is 1. The summed E-state index contributed by atoms with van der Waals surface area (Å²) in [5.74, 6) is 0. The van der Waals surface area contributed by atoms with Crippen molar-refractivity contribution in [3.8, 4) is 0 Å². The minimum absolute atomic E-state index is 0.540. The van der Waals surface area contributed by atoms with Gasteiger partial charge in [0.1, 0.15) is 0 Å². The highest BCUT2D eigenvalue weighted by molar-refractivity contribution is 5.02. The van der Waals surface area contributed by atoms with Gasteiger partial charge in [0.15, 0.2) is 0 Å². The molecule has 1 unspecified atom stereocenters. The largest absolute Gasteiger partial charge is 0.387 e. The maximum Gasteiger partial charge on any atom is 0.0594 e. The van der Waals surface area contributed by atoms with Crippen molar-refractivity contribution in [2.75, 3.05) is 39.4 Å². The van der Waals surface area contributed by atoms with E-state index in [0.717, 1.165) is 39.4 Å². The molecular formula is C10H19N3O. The number of hydrogen-bond acceptors (Lipinski definition) is 4. The van der Waals surface area contributed by atoms with Crippen molar-refractivity contribution >= 4 is 0 Å². The van der Waals surface area contributed by atoms with Gasteiger partial charge in [0.25, 0.3) is 0 Å². The van der Waals surface area contributed by atoms with Gasteiger partial charge in [-0.25, -0.2) is 0 Å². The van der Waals surface area contributed by atoms with Gasteiger partial charge in [-0.05, 0) is 6.92 Å². The molecule has 0 amide bonds. The lowest BCUT2D eigenvalue weighted by molar-refractivity contribution is 0.0339. The molecule has 2 aliphatic heterocycles. The van der Waals surface area contributed by atoms with Gasteiger partial charge < -0.3 is 15.4 Å². The van der Waals surface area contributed by atoms with E-state index in [9.17, 15) is 0 Å². The lowest BCUT2D eigenvalue weighted by Crippen LogP contribution is -2.50. The zero-order valence-electron chi connectivity index (χ0n) is 8.75. The Hall–Kier alpha value is -0.740. The molecule has 1 fully saturated rings. The molecule has 0 aromatic rings. The Labute approximate surface area is 85.3 Å². The van der Waals surface area contributed by atoms with Crippen molar-refractivity contribution in [1.82, 2.24) is 15.5 Å². The van der Waals surface area contributed by atoms with E-state index in [4.69, 9.17) is 4.74 Å². The van der Waals surface area contributed by atoms with E-state index in [2.05, 4.69) is 22.5 Å². The van der Waals surface area contributed by atoms with Crippen LogP contribution in [0.2, 0.25) is 0 Å². The van der Waals surface area contributed by atoms with Crippen LogP contribution in [0.4, 0.5) is 0 Å². The van der Waals surface area contributed by atoms with Crippen LogP contribution in [0.3, 0.4) is 0 Å². The summed E-state index contributed by atoms with van der Waals surface area (Å²) in [5.41, 5.74) is 1.23. The fraction of sp³-hybridized carbons (Fsp3) is 0.800. The van der Waals surface area contributed by atoms with Crippen LogP contribution in [0.25, 0.3) is 0 Å². The molecular weight excluding hydrogens is 178 g/mol. The van der Waals surface area contributed by atoms with E-state index in [-0.39, 0.29) is 0 Å². The van der Waals surface area contributed by atoms with Gasteiger partial charge in [0, 0.05) is 38.1 Å². The summed E-state index contributed by atoms with van der Waals surface area (Å²) in [4.78, 5) is 2.46. The van der Waals surface area contributed by atoms with E-state index in [1.165, 1.54) is 5.70 Å². The van der Waals surface area contributed by atoms with Gasteiger partial charge in [-0.2, -0.15) is 0 Å². The fourth-order valence-electron chi connectivity index (χ4n) is 1.97. The number of nitrogens with zero attached hydrogens (tertiary/aromatic N) is 1. The van der Waals surface area contributed by atoms with E-state index in [0.29, 0.717) is 6.04 Å². The predicted molar refractivity (Wildman–Crippen MR) is 55.9 cm³/mol. The van der Waals surface area contributed by atoms with Crippen molar-refractivity contribution in [2.45, 2.75) is 13.0 Å². The third-order valence-corrected chi connectivity index (χ3v) is 2.70. The first-order chi connectivity index (χ1) is 6.84. The van der Waals surface area contributed by atoms with Crippen LogP contribution in [-0.2, 0) is 4.74 Å². The third kappa shape index (κ3) is 2.62. The van der Waals surface area contributed by atoms with E-state index < -0.39 is 0 Å². The average molecular weight is 197 g/mol. The first-order valence-electron chi connectivity index (χ1n) is 5.31. The van der Waals surface area contributed by atoms with Crippen LogP contribution < -0.4 is 10.6 Å². The molecule has 0 aromatic carbocycles. The Morgan fingerprint density at radius 1 is 1.50 bits per heavy atom. The minimum Gasteiger partial charge on any atom is -0.387 e. The Morgan fingerprint density at radius 3 is 3.00 bits per heavy atom. The maximum absolute atomic E-state index is 5.32. The number of rotatable bonds is 2. The molecule has 4 nitrogen and oxygen atoms in total. The van der Waals surface area contributed by atoms with Crippen LogP contribution in [0, 0.1) is 0 Å². The smallest absolute Gasteiger partial charge is 0.0594 e. The summed E-state index contributed by atoms with van der Waals surface area (Å²) >= 11 is 0. The van der Waals surface area contributed by atoms with Gasteiger partial charge in [-0.1, -0.05) is 0 Å². The second-order valence-electron chi connectivity index (χ2n) is 3.99. The van der Waals surface area contributed by atoms with E-state index >= 15 is 0 Å². The number of morpholine rings is 1. The molecule has 0 aromatic heterocycles. The van der Waals surface area contributed by atoms with Crippen LogP contribution in [0.1, 0.15) is 6.92 Å². The third-order valence-electron chi connectivity index (χ3n) is 2.70. The van der Waals surface area contributed by atoms with Crippen LogP contribution in [0.15, 0.2) is 11.9 Å². The second-order valence-corrected chi connectivity index (χ2v) is 3.99. The van der Waals surface area contributed by atoms with Gasteiger partial charge in [-0.3, -0.25) is 4.90 Å². The zero-order chi connectivity index (χ0) is 9.80. The first kappa shape index (κ1) is 9.80. The molecule has 0 spiro atoms. The Balaban J connectivity index is 1.76. The molecule has 2 heterocycles. The van der Waals surface area contributed by atoms with Crippen molar-refractivity contribution in [2.24, 2.45) is 0 Å². The number of nitrogens with one attached hydrogen (secondary N) is 2. The summed E-state index contributed by atoms with van der Waals surface area (Å²) in [5, 5.41) is 6.77. The highest BCUT2D eigenvalue weighted by atomic mass is 16.5. The fourth-order valence-corrected chi connectivity index (χ4v) is 1.97. The first-order valence-corrected chi connectivity index (χ1v) is 5.31. The normalized spacial score (nSPS) is 28.9. The Bertz CT molecular complexity index is 211. The predicted octanol–water partition coefficient (Wildman–Crippen LogP) is -0.259. The highest BCUT2D eigenvalue weighted by Gasteiger charge is 2.17. The molecule has 1 atom stereocenters. The molecule has 0 bridgehead atoms. The molecule has 14 heavy (non-hydrogen) atoms. The molecule has 1 saturated heterocycles. The molecule has 2 rings (SSSR count).